The van der Waals surface area contributed by atoms with Crippen LogP contribution in [0.3, 0.4) is 0 Å². The van der Waals surface area contributed by atoms with Crippen LogP contribution in [0.5, 0.6) is 0 Å². The van der Waals surface area contributed by atoms with Crippen LogP contribution in [-0.4, -0.2) is 44.3 Å². The summed E-state index contributed by atoms with van der Waals surface area (Å²) in [4.78, 5) is 10.9. The molecule has 10 heteroatoms. The molecule has 32 heavy (non-hydrogen) atoms. The van der Waals surface area contributed by atoms with Gasteiger partial charge in [-0.2, -0.15) is 18.2 Å². The number of guanidine groups is 1. The Kier molecular flexibility index (Phi) is 5.03. The third kappa shape index (κ3) is 3.78. The highest BCUT2D eigenvalue weighted by atomic mass is 19.4. The number of quaternary nitrogens is 1. The number of anilines is 2. The molecule has 0 aromatic heterocycles. The first-order valence-corrected chi connectivity index (χ1v) is 10.1. The minimum Gasteiger partial charge on any atom is -0.378 e. The number of fused-ring (bicyclic) bond motifs is 1. The van der Waals surface area contributed by atoms with Crippen molar-refractivity contribution in [3.05, 3.63) is 66.5 Å². The molecule has 1 saturated heterocycles. The smallest absolute Gasteiger partial charge is 0.378 e. The second kappa shape index (κ2) is 7.88. The van der Waals surface area contributed by atoms with Gasteiger partial charge in [-0.25, -0.2) is 0 Å². The SMILES string of the molecule is FC(F)(F)c1cccc(NC2=N[N+]3(c4ccc(N5CCOCC5)cc4)C=CN=CC3=N2)c1. The second-order valence-corrected chi connectivity index (χ2v) is 7.47. The summed E-state index contributed by atoms with van der Waals surface area (Å²) in [6.07, 6.45) is 0.583. The van der Waals surface area contributed by atoms with Gasteiger partial charge in [-0.3, -0.25) is 4.99 Å². The number of benzene rings is 2. The third-order valence-corrected chi connectivity index (χ3v) is 5.45. The van der Waals surface area contributed by atoms with Crippen molar-refractivity contribution >= 4 is 35.1 Å². The van der Waals surface area contributed by atoms with Crippen molar-refractivity contribution in [2.24, 2.45) is 15.1 Å². The molecule has 1 fully saturated rings. The highest BCUT2D eigenvalue weighted by Crippen LogP contribution is 2.34. The van der Waals surface area contributed by atoms with Crippen molar-refractivity contribution in [3.63, 3.8) is 0 Å². The van der Waals surface area contributed by atoms with E-state index in [1.807, 2.05) is 24.3 Å². The second-order valence-electron chi connectivity index (χ2n) is 7.47. The molecule has 3 aliphatic heterocycles. The first-order valence-electron chi connectivity index (χ1n) is 10.1. The van der Waals surface area contributed by atoms with Crippen LogP contribution in [0.4, 0.5) is 30.2 Å². The predicted octanol–water partition coefficient (Wildman–Crippen LogP) is 4.20. The van der Waals surface area contributed by atoms with Crippen molar-refractivity contribution in [1.29, 1.82) is 0 Å². The normalized spacial score (nSPS) is 22.4. The highest BCUT2D eigenvalue weighted by molar-refractivity contribution is 6.38. The van der Waals surface area contributed by atoms with E-state index in [1.165, 1.54) is 6.07 Å². The van der Waals surface area contributed by atoms with Gasteiger partial charge in [-0.1, -0.05) is 10.7 Å². The Morgan fingerprint density at radius 1 is 1.03 bits per heavy atom. The summed E-state index contributed by atoms with van der Waals surface area (Å²) < 4.78 is 44.5. The molecule has 2 aromatic rings. The zero-order valence-corrected chi connectivity index (χ0v) is 17.0. The summed E-state index contributed by atoms with van der Waals surface area (Å²) in [5.41, 5.74) is 1.44. The highest BCUT2D eigenvalue weighted by Gasteiger charge is 2.43. The molecule has 0 saturated carbocycles. The van der Waals surface area contributed by atoms with E-state index in [1.54, 1.807) is 24.7 Å². The lowest BCUT2D eigenvalue weighted by Gasteiger charge is -2.29. The van der Waals surface area contributed by atoms with Gasteiger partial charge in [-0.05, 0) is 35.4 Å². The van der Waals surface area contributed by atoms with Crippen molar-refractivity contribution in [2.75, 3.05) is 36.5 Å². The van der Waals surface area contributed by atoms with E-state index >= 15 is 0 Å². The fourth-order valence-corrected chi connectivity index (χ4v) is 3.82. The van der Waals surface area contributed by atoms with Gasteiger partial charge in [0, 0.05) is 36.6 Å². The minimum absolute atomic E-state index is 0.0474. The van der Waals surface area contributed by atoms with Crippen LogP contribution in [0, 0.1) is 0 Å². The van der Waals surface area contributed by atoms with Crippen LogP contribution >= 0.6 is 0 Å². The van der Waals surface area contributed by atoms with Crippen molar-refractivity contribution in [2.45, 2.75) is 6.18 Å². The summed E-state index contributed by atoms with van der Waals surface area (Å²) in [6, 6.07) is 12.9. The van der Waals surface area contributed by atoms with Crippen molar-refractivity contribution < 1.29 is 17.9 Å². The van der Waals surface area contributed by atoms with Crippen LogP contribution in [0.1, 0.15) is 5.56 Å². The summed E-state index contributed by atoms with van der Waals surface area (Å²) >= 11 is 0. The summed E-state index contributed by atoms with van der Waals surface area (Å²) in [6.45, 7) is 3.07. The molecule has 0 spiro atoms. The molecule has 1 N–H and O–H groups in total. The van der Waals surface area contributed by atoms with E-state index in [-0.39, 0.29) is 16.2 Å². The molecule has 0 bridgehead atoms. The molecule has 3 heterocycles. The van der Waals surface area contributed by atoms with Crippen LogP contribution in [0.15, 0.2) is 76.0 Å². The van der Waals surface area contributed by atoms with Gasteiger partial charge in [0.1, 0.15) is 6.21 Å². The molecule has 164 valence electrons. The van der Waals surface area contributed by atoms with Crippen molar-refractivity contribution in [1.82, 2.24) is 4.59 Å². The van der Waals surface area contributed by atoms with E-state index < -0.39 is 11.7 Å². The first-order chi connectivity index (χ1) is 15.4. The number of alkyl halides is 3. The average Bonchev–Trinajstić information content (AvgIpc) is 3.18. The van der Waals surface area contributed by atoms with E-state index in [2.05, 4.69) is 25.3 Å². The Bertz CT molecular complexity index is 1130. The van der Waals surface area contributed by atoms with Gasteiger partial charge in [-0.15, -0.1) is 0 Å². The summed E-state index contributed by atoms with van der Waals surface area (Å²) in [5.74, 6) is 0.746. The monoisotopic (exact) mass is 441 g/mol. The third-order valence-electron chi connectivity index (χ3n) is 5.45. The fraction of sp³-hybridized carbons (Fsp3) is 0.227. The maximum atomic E-state index is 13.0. The number of amidine groups is 1. The minimum atomic E-state index is -4.43. The van der Waals surface area contributed by atoms with Gasteiger partial charge in [0.2, 0.25) is 0 Å². The number of nitrogens with one attached hydrogen (secondary N) is 1. The first kappa shape index (κ1) is 20.4. The van der Waals surface area contributed by atoms with Crippen molar-refractivity contribution in [3.8, 4) is 0 Å². The van der Waals surface area contributed by atoms with Gasteiger partial charge < -0.3 is 15.0 Å². The molecule has 0 radical (unpaired) electrons. The Morgan fingerprint density at radius 3 is 2.56 bits per heavy atom. The number of hydrogen-bond acceptors (Lipinski definition) is 6. The van der Waals surface area contributed by atoms with E-state index in [9.17, 15) is 13.2 Å². The molecular formula is C22H20F3N6O+. The Labute approximate surface area is 182 Å². The predicted molar refractivity (Wildman–Crippen MR) is 119 cm³/mol. The number of ether oxygens (including phenoxy) is 1. The Hall–Kier alpha value is -3.50. The summed E-state index contributed by atoms with van der Waals surface area (Å²) in [7, 11) is 0. The van der Waals surface area contributed by atoms with Gasteiger partial charge >= 0.3 is 6.18 Å². The zero-order chi connectivity index (χ0) is 22.2. The quantitative estimate of drug-likeness (QED) is 0.727. The molecule has 5 rings (SSSR count). The van der Waals surface area contributed by atoms with Gasteiger partial charge in [0.05, 0.1) is 25.0 Å². The van der Waals surface area contributed by atoms with E-state index in [0.717, 1.165) is 36.6 Å². The lowest BCUT2D eigenvalue weighted by Crippen LogP contribution is -2.44. The largest absolute Gasteiger partial charge is 0.416 e. The molecule has 0 aliphatic carbocycles. The molecule has 7 nitrogen and oxygen atoms in total. The number of nitrogens with zero attached hydrogens (tertiary/aromatic N) is 5. The maximum absolute atomic E-state index is 13.0. The number of rotatable bonds is 3. The summed E-state index contributed by atoms with van der Waals surface area (Å²) in [5, 5.41) is 7.58. The average molecular weight is 441 g/mol. The van der Waals surface area contributed by atoms with E-state index in [4.69, 9.17) is 4.74 Å². The van der Waals surface area contributed by atoms with Crippen LogP contribution in [0.2, 0.25) is 0 Å². The molecule has 3 aliphatic rings. The standard InChI is InChI=1S/C22H20F3N6O/c23-22(24,25)16-2-1-3-17(14-16)27-21-28-20-15-26-8-11-31(20,29-21)19-6-4-18(5-7-19)30-9-12-32-13-10-30/h1-8,11,14-15H,9-10,12-13H2,(H,27,29)/q+1. The Balaban J connectivity index is 1.44. The molecular weight excluding hydrogens is 421 g/mol. The Morgan fingerprint density at radius 2 is 1.81 bits per heavy atom. The molecule has 2 aromatic carbocycles. The molecule has 1 unspecified atom stereocenters. The van der Waals surface area contributed by atoms with Gasteiger partial charge in [0.25, 0.3) is 11.8 Å². The number of morpholine rings is 1. The number of hydrogen-bond donors (Lipinski definition) is 1. The number of aliphatic imine (C=N–C) groups is 2. The fourth-order valence-electron chi connectivity index (χ4n) is 3.82. The van der Waals surface area contributed by atoms with Crippen LogP contribution < -0.4 is 14.8 Å². The topological polar surface area (TPSA) is 61.6 Å². The number of halogens is 3. The molecule has 1 atom stereocenters. The maximum Gasteiger partial charge on any atom is 0.416 e. The van der Waals surface area contributed by atoms with Crippen LogP contribution in [-0.2, 0) is 10.9 Å². The zero-order valence-electron chi connectivity index (χ0n) is 17.0. The lowest BCUT2D eigenvalue weighted by atomic mass is 10.2. The van der Waals surface area contributed by atoms with Gasteiger partial charge in [0.15, 0.2) is 11.9 Å². The van der Waals surface area contributed by atoms with Crippen LogP contribution in [0.25, 0.3) is 0 Å². The lowest BCUT2D eigenvalue weighted by molar-refractivity contribution is -0.137. The van der Waals surface area contributed by atoms with E-state index in [0.29, 0.717) is 19.0 Å². The molecule has 0 amide bonds.